The van der Waals surface area contributed by atoms with Crippen LogP contribution >= 0.6 is 0 Å². The molecule has 2 aromatic rings. The fraction of sp³-hybridized carbons (Fsp3) is 0.474. The first-order chi connectivity index (χ1) is 12.9. The average Bonchev–Trinajstić information content (AvgIpc) is 3.05. The molecular weight excluding hydrogens is 351 g/mol. The molecule has 1 amide bonds. The van der Waals surface area contributed by atoms with E-state index in [1.54, 1.807) is 25.3 Å². The van der Waals surface area contributed by atoms with Crippen LogP contribution in [0.15, 0.2) is 24.4 Å². The summed E-state index contributed by atoms with van der Waals surface area (Å²) in [6, 6.07) is 4.44. The van der Waals surface area contributed by atoms with Crippen LogP contribution in [-0.4, -0.2) is 32.0 Å². The van der Waals surface area contributed by atoms with Crippen LogP contribution in [0.5, 0.6) is 0 Å². The molecule has 7 nitrogen and oxygen atoms in total. The Kier molecular flexibility index (Phi) is 5.53. The molecule has 1 aromatic carbocycles. The zero-order chi connectivity index (χ0) is 19.6. The summed E-state index contributed by atoms with van der Waals surface area (Å²) >= 11 is 0. The third-order valence-electron chi connectivity index (χ3n) is 5.11. The minimum Gasteiger partial charge on any atom is -0.481 e. The van der Waals surface area contributed by atoms with Gasteiger partial charge in [0.05, 0.1) is 29.8 Å². The van der Waals surface area contributed by atoms with Gasteiger partial charge in [-0.2, -0.15) is 0 Å². The number of aliphatic carboxylic acids is 1. The lowest BCUT2D eigenvalue weighted by Gasteiger charge is -2.33. The molecule has 1 aliphatic rings. The van der Waals surface area contributed by atoms with Crippen LogP contribution in [0.3, 0.4) is 0 Å². The molecule has 3 rings (SSSR count). The highest BCUT2D eigenvalue weighted by atomic mass is 19.1. The molecule has 27 heavy (non-hydrogen) atoms. The van der Waals surface area contributed by atoms with Crippen molar-refractivity contribution in [3.8, 4) is 5.69 Å². The molecule has 3 atom stereocenters. The van der Waals surface area contributed by atoms with Crippen molar-refractivity contribution in [3.05, 3.63) is 41.5 Å². The van der Waals surface area contributed by atoms with Gasteiger partial charge in [0.1, 0.15) is 11.5 Å². The summed E-state index contributed by atoms with van der Waals surface area (Å²) in [5.74, 6) is -2.63. The second-order valence-corrected chi connectivity index (χ2v) is 7.00. The number of hydrogen-bond donors (Lipinski definition) is 2. The molecule has 0 saturated heterocycles. The van der Waals surface area contributed by atoms with Crippen molar-refractivity contribution in [2.45, 2.75) is 45.6 Å². The Hall–Kier alpha value is -2.77. The number of nitrogens with one attached hydrogen (secondary N) is 1. The summed E-state index contributed by atoms with van der Waals surface area (Å²) in [5, 5.41) is 20.2. The number of carbonyl (C=O) groups excluding carboxylic acids is 1. The lowest BCUT2D eigenvalue weighted by molar-refractivity contribution is -0.153. The van der Waals surface area contributed by atoms with Crippen LogP contribution in [0.25, 0.3) is 5.69 Å². The molecule has 0 radical (unpaired) electrons. The van der Waals surface area contributed by atoms with Gasteiger partial charge in [0.25, 0.3) is 0 Å². The number of nitrogens with zero attached hydrogens (tertiary/aromatic N) is 3. The van der Waals surface area contributed by atoms with E-state index in [-0.39, 0.29) is 17.8 Å². The van der Waals surface area contributed by atoms with E-state index in [0.29, 0.717) is 36.2 Å². The van der Waals surface area contributed by atoms with Gasteiger partial charge in [-0.05, 0) is 43.9 Å². The van der Waals surface area contributed by atoms with E-state index >= 15 is 0 Å². The SMILES string of the molecule is CCCC(NC(=O)[C@@H]1CC[C@H]1C(=O)O)c1cn(-c2ccc(C)c(F)c2)nn1. The highest BCUT2D eigenvalue weighted by Gasteiger charge is 2.42. The van der Waals surface area contributed by atoms with Crippen molar-refractivity contribution in [1.29, 1.82) is 0 Å². The quantitative estimate of drug-likeness (QED) is 0.777. The maximum Gasteiger partial charge on any atom is 0.307 e. The number of carbonyl (C=O) groups is 2. The molecule has 1 saturated carbocycles. The molecule has 0 bridgehead atoms. The minimum absolute atomic E-state index is 0.261. The summed E-state index contributed by atoms with van der Waals surface area (Å²) < 4.78 is 15.3. The zero-order valence-electron chi connectivity index (χ0n) is 15.4. The van der Waals surface area contributed by atoms with Gasteiger partial charge in [-0.1, -0.05) is 24.6 Å². The minimum atomic E-state index is -0.930. The molecule has 1 heterocycles. The second kappa shape index (κ2) is 7.85. The number of rotatable bonds is 7. The maximum atomic E-state index is 13.8. The highest BCUT2D eigenvalue weighted by Crippen LogP contribution is 2.35. The van der Waals surface area contributed by atoms with E-state index in [4.69, 9.17) is 5.11 Å². The Morgan fingerprint density at radius 2 is 2.11 bits per heavy atom. The lowest BCUT2D eigenvalue weighted by atomic mass is 9.73. The molecule has 1 unspecified atom stereocenters. The highest BCUT2D eigenvalue weighted by molar-refractivity contribution is 5.86. The number of carboxylic acids is 1. The predicted molar refractivity (Wildman–Crippen MR) is 95.7 cm³/mol. The Bertz CT molecular complexity index is 851. The second-order valence-electron chi connectivity index (χ2n) is 7.00. The van der Waals surface area contributed by atoms with Crippen LogP contribution in [-0.2, 0) is 9.59 Å². The van der Waals surface area contributed by atoms with Gasteiger partial charge in [-0.3, -0.25) is 9.59 Å². The number of aryl methyl sites for hydroxylation is 1. The molecule has 144 valence electrons. The van der Waals surface area contributed by atoms with E-state index < -0.39 is 17.8 Å². The first-order valence-corrected chi connectivity index (χ1v) is 9.12. The van der Waals surface area contributed by atoms with E-state index in [2.05, 4.69) is 15.6 Å². The van der Waals surface area contributed by atoms with Gasteiger partial charge in [-0.15, -0.1) is 5.10 Å². The van der Waals surface area contributed by atoms with Crippen LogP contribution < -0.4 is 5.32 Å². The summed E-state index contributed by atoms with van der Waals surface area (Å²) in [5.41, 5.74) is 1.66. The number of amides is 1. The van der Waals surface area contributed by atoms with Gasteiger partial charge < -0.3 is 10.4 Å². The molecule has 2 N–H and O–H groups in total. The number of halogens is 1. The first kappa shape index (κ1) is 19.0. The van der Waals surface area contributed by atoms with Crippen molar-refractivity contribution in [1.82, 2.24) is 20.3 Å². The van der Waals surface area contributed by atoms with Crippen LogP contribution in [0.4, 0.5) is 4.39 Å². The van der Waals surface area contributed by atoms with Gasteiger partial charge in [0.2, 0.25) is 5.91 Å². The van der Waals surface area contributed by atoms with Crippen molar-refractivity contribution < 1.29 is 19.1 Å². The monoisotopic (exact) mass is 374 g/mol. The Balaban J connectivity index is 1.75. The van der Waals surface area contributed by atoms with E-state index in [1.807, 2.05) is 6.92 Å². The number of hydrogen-bond acceptors (Lipinski definition) is 4. The zero-order valence-corrected chi connectivity index (χ0v) is 15.4. The van der Waals surface area contributed by atoms with Crippen molar-refractivity contribution >= 4 is 11.9 Å². The molecule has 0 aliphatic heterocycles. The Morgan fingerprint density at radius 3 is 2.70 bits per heavy atom. The number of aromatic nitrogens is 3. The van der Waals surface area contributed by atoms with Gasteiger partial charge >= 0.3 is 5.97 Å². The Labute approximate surface area is 156 Å². The largest absolute Gasteiger partial charge is 0.481 e. The third kappa shape index (κ3) is 3.99. The maximum absolute atomic E-state index is 13.8. The first-order valence-electron chi connectivity index (χ1n) is 9.12. The summed E-state index contributed by atoms with van der Waals surface area (Å²) in [6.45, 7) is 3.67. The van der Waals surface area contributed by atoms with Gasteiger partial charge in [0, 0.05) is 0 Å². The lowest BCUT2D eigenvalue weighted by Crippen LogP contribution is -2.45. The summed E-state index contributed by atoms with van der Waals surface area (Å²) in [6.07, 6.45) is 4.24. The van der Waals surface area contributed by atoms with Crippen molar-refractivity contribution in [2.24, 2.45) is 11.8 Å². The smallest absolute Gasteiger partial charge is 0.307 e. The van der Waals surface area contributed by atoms with Crippen LogP contribution in [0.1, 0.15) is 49.9 Å². The molecule has 1 fully saturated rings. The van der Waals surface area contributed by atoms with Gasteiger partial charge in [0.15, 0.2) is 0 Å². The molecular formula is C19H23FN4O3. The van der Waals surface area contributed by atoms with E-state index in [9.17, 15) is 14.0 Å². The fourth-order valence-electron chi connectivity index (χ4n) is 3.26. The molecule has 1 aromatic heterocycles. The van der Waals surface area contributed by atoms with Gasteiger partial charge in [-0.25, -0.2) is 9.07 Å². The standard InChI is InChI=1S/C19H23FN4O3/c1-3-4-16(21-18(25)13-7-8-14(13)19(26)27)17-10-24(23-22-17)12-6-5-11(2)15(20)9-12/h5-6,9-10,13-14,16H,3-4,7-8H2,1-2H3,(H,21,25)(H,26,27)/t13-,14-,16?/m1/s1. The van der Waals surface area contributed by atoms with Crippen LogP contribution in [0.2, 0.25) is 0 Å². The molecule has 0 spiro atoms. The fourth-order valence-corrected chi connectivity index (χ4v) is 3.26. The topological polar surface area (TPSA) is 97.1 Å². The van der Waals surface area contributed by atoms with E-state index in [0.717, 1.165) is 6.42 Å². The molecule has 1 aliphatic carbocycles. The summed E-state index contributed by atoms with van der Waals surface area (Å²) in [4.78, 5) is 23.6. The Morgan fingerprint density at radius 1 is 1.37 bits per heavy atom. The number of benzene rings is 1. The molecule has 8 heteroatoms. The number of carboxylic acid groups (broad SMARTS) is 1. The third-order valence-corrected chi connectivity index (χ3v) is 5.11. The normalized spacial score (nSPS) is 20.0. The van der Waals surface area contributed by atoms with Crippen LogP contribution in [0, 0.1) is 24.6 Å². The van der Waals surface area contributed by atoms with E-state index in [1.165, 1.54) is 10.7 Å². The summed E-state index contributed by atoms with van der Waals surface area (Å²) in [7, 11) is 0. The average molecular weight is 374 g/mol. The van der Waals surface area contributed by atoms with Crippen molar-refractivity contribution in [2.75, 3.05) is 0 Å². The van der Waals surface area contributed by atoms with Crippen molar-refractivity contribution in [3.63, 3.8) is 0 Å². The predicted octanol–water partition coefficient (Wildman–Crippen LogP) is 2.78.